The van der Waals surface area contributed by atoms with Gasteiger partial charge in [0.15, 0.2) is 11.3 Å². The summed E-state index contributed by atoms with van der Waals surface area (Å²) in [5, 5.41) is 37.2. The average molecular weight is 420 g/mol. The quantitative estimate of drug-likeness (QED) is 0.202. The second-order valence-electron chi connectivity index (χ2n) is 8.15. The lowest BCUT2D eigenvalue weighted by molar-refractivity contribution is 0.367. The molecule has 4 nitrogen and oxygen atoms in total. The molecular formula is C28H20O4. The van der Waals surface area contributed by atoms with Crippen molar-refractivity contribution in [1.82, 2.24) is 0 Å². The molecule has 3 N–H and O–H groups in total. The van der Waals surface area contributed by atoms with Crippen molar-refractivity contribution in [2.75, 3.05) is 0 Å². The van der Waals surface area contributed by atoms with Gasteiger partial charge in [0.25, 0.3) is 0 Å². The maximum absolute atomic E-state index is 11.2. The number of rotatable bonds is 1. The highest BCUT2D eigenvalue weighted by atomic mass is 16.4. The molecule has 1 heterocycles. The van der Waals surface area contributed by atoms with Gasteiger partial charge in [-0.25, -0.2) is 0 Å². The molecule has 4 aromatic carbocycles. The molecular weight excluding hydrogens is 400 g/mol. The molecule has 1 aromatic heterocycles. The van der Waals surface area contributed by atoms with Crippen LogP contribution in [0.1, 0.15) is 16.9 Å². The molecule has 156 valence electrons. The van der Waals surface area contributed by atoms with Crippen LogP contribution in [0.4, 0.5) is 0 Å². The van der Waals surface area contributed by atoms with Crippen molar-refractivity contribution >= 4 is 38.6 Å². The first kappa shape index (κ1) is 18.6. The molecule has 1 aliphatic rings. The smallest absolute Gasteiger partial charge is 0.205 e. The van der Waals surface area contributed by atoms with Gasteiger partial charge in [-0.1, -0.05) is 72.8 Å². The van der Waals surface area contributed by atoms with E-state index in [4.69, 9.17) is 4.42 Å². The van der Waals surface area contributed by atoms with Gasteiger partial charge in [-0.15, -0.1) is 0 Å². The molecule has 5 aromatic rings. The third-order valence-corrected chi connectivity index (χ3v) is 6.44. The molecule has 0 saturated heterocycles. The highest BCUT2D eigenvalue weighted by Crippen LogP contribution is 2.54. The second kappa shape index (κ2) is 6.66. The Morgan fingerprint density at radius 1 is 0.719 bits per heavy atom. The van der Waals surface area contributed by atoms with E-state index in [9.17, 15) is 15.3 Å². The molecule has 0 spiro atoms. The van der Waals surface area contributed by atoms with Gasteiger partial charge in [-0.05, 0) is 34.0 Å². The molecule has 0 amide bonds. The van der Waals surface area contributed by atoms with Crippen molar-refractivity contribution in [2.45, 2.75) is 13.3 Å². The number of phenolic OH excluding ortho intramolecular Hbond substituents is 3. The zero-order valence-corrected chi connectivity index (χ0v) is 17.4. The summed E-state index contributed by atoms with van der Waals surface area (Å²) in [5.41, 5.74) is 3.37. The lowest BCUT2D eigenvalue weighted by atomic mass is 9.86. The summed E-state index contributed by atoms with van der Waals surface area (Å²) >= 11 is 0. The average Bonchev–Trinajstić information content (AvgIpc) is 3.01. The lowest BCUT2D eigenvalue weighted by Gasteiger charge is -2.18. The van der Waals surface area contributed by atoms with Crippen LogP contribution in [0.2, 0.25) is 0 Å². The second-order valence-corrected chi connectivity index (χ2v) is 8.15. The van der Waals surface area contributed by atoms with E-state index >= 15 is 0 Å². The van der Waals surface area contributed by atoms with E-state index in [1.165, 1.54) is 0 Å². The Hall–Kier alpha value is -4.18. The first-order valence-electron chi connectivity index (χ1n) is 10.5. The van der Waals surface area contributed by atoms with Gasteiger partial charge < -0.3 is 19.7 Å². The summed E-state index contributed by atoms with van der Waals surface area (Å²) in [7, 11) is 0. The van der Waals surface area contributed by atoms with Crippen LogP contribution in [0.3, 0.4) is 0 Å². The number of benzene rings is 4. The summed E-state index contributed by atoms with van der Waals surface area (Å²) in [4.78, 5) is 0. The number of aryl methyl sites for hydroxylation is 1. The molecule has 0 bridgehead atoms. The van der Waals surface area contributed by atoms with Gasteiger partial charge in [0.1, 0.15) is 5.76 Å². The van der Waals surface area contributed by atoms with Crippen LogP contribution < -0.4 is 0 Å². The van der Waals surface area contributed by atoms with E-state index in [0.29, 0.717) is 23.1 Å². The number of hydrogen-bond acceptors (Lipinski definition) is 4. The first-order chi connectivity index (χ1) is 15.6. The Kier molecular flexibility index (Phi) is 3.87. The molecule has 4 heteroatoms. The molecule has 1 aliphatic carbocycles. The molecule has 0 unspecified atom stereocenters. The fourth-order valence-corrected chi connectivity index (χ4v) is 4.95. The van der Waals surface area contributed by atoms with Crippen molar-refractivity contribution in [3.63, 3.8) is 0 Å². The standard InChI is InChI=1S/C28H20O4/c1-15-16-9-5-7-11-18(16)22(19-12-8-6-10-17(15)19)24-23-20-13-3-2-4-14-21(20)32-28(23)27(31)26(30)25(24)29/h2-13,29-31H,14H2,1H3. The Balaban J connectivity index is 1.91. The number of allylic oxidation sites excluding steroid dienone is 3. The number of fused-ring (bicyclic) bond motifs is 5. The Bertz CT molecular complexity index is 1580. The van der Waals surface area contributed by atoms with E-state index in [-0.39, 0.29) is 11.3 Å². The van der Waals surface area contributed by atoms with E-state index in [1.54, 1.807) is 0 Å². The molecule has 0 radical (unpaired) electrons. The topological polar surface area (TPSA) is 73.8 Å². The summed E-state index contributed by atoms with van der Waals surface area (Å²) < 4.78 is 6.02. The lowest BCUT2D eigenvalue weighted by Crippen LogP contribution is -1.92. The van der Waals surface area contributed by atoms with E-state index < -0.39 is 11.5 Å². The van der Waals surface area contributed by atoms with Crippen molar-refractivity contribution < 1.29 is 19.7 Å². The van der Waals surface area contributed by atoms with E-state index in [1.807, 2.05) is 60.7 Å². The number of aromatic hydroxyl groups is 3. The third-order valence-electron chi connectivity index (χ3n) is 6.44. The van der Waals surface area contributed by atoms with E-state index in [0.717, 1.165) is 38.2 Å². The van der Waals surface area contributed by atoms with Gasteiger partial charge in [0, 0.05) is 28.5 Å². The maximum Gasteiger partial charge on any atom is 0.205 e. The summed E-state index contributed by atoms with van der Waals surface area (Å²) in [5.74, 6) is -0.715. The predicted octanol–water partition coefficient (Wildman–Crippen LogP) is 6.96. The SMILES string of the molecule is Cc1c2ccccc2c(-c2c(O)c(O)c(O)c3oc4c(c23)C=CC=CC4)c2ccccc12. The van der Waals surface area contributed by atoms with Crippen LogP contribution in [0.5, 0.6) is 17.2 Å². The minimum atomic E-state index is -0.579. The number of furan rings is 1. The molecule has 32 heavy (non-hydrogen) atoms. The van der Waals surface area contributed by atoms with Crippen molar-refractivity contribution in [2.24, 2.45) is 0 Å². The summed E-state index contributed by atoms with van der Waals surface area (Å²) in [6.45, 7) is 2.09. The fourth-order valence-electron chi connectivity index (χ4n) is 4.95. The third kappa shape index (κ3) is 2.38. The molecule has 6 rings (SSSR count). The van der Waals surface area contributed by atoms with Crippen molar-refractivity contribution in [1.29, 1.82) is 0 Å². The van der Waals surface area contributed by atoms with Gasteiger partial charge in [-0.3, -0.25) is 0 Å². The van der Waals surface area contributed by atoms with Crippen molar-refractivity contribution in [3.8, 4) is 28.4 Å². The number of phenols is 3. The van der Waals surface area contributed by atoms with Crippen LogP contribution >= 0.6 is 0 Å². The van der Waals surface area contributed by atoms with E-state index in [2.05, 4.69) is 19.1 Å². The number of hydrogen-bond donors (Lipinski definition) is 3. The Morgan fingerprint density at radius 2 is 1.34 bits per heavy atom. The van der Waals surface area contributed by atoms with Crippen molar-refractivity contribution in [3.05, 3.63) is 83.6 Å². The zero-order valence-electron chi connectivity index (χ0n) is 17.4. The van der Waals surface area contributed by atoms with Crippen LogP contribution in [-0.4, -0.2) is 15.3 Å². The summed E-state index contributed by atoms with van der Waals surface area (Å²) in [6.07, 6.45) is 8.29. The Morgan fingerprint density at radius 3 is 2.00 bits per heavy atom. The highest BCUT2D eigenvalue weighted by molar-refractivity contribution is 6.21. The van der Waals surface area contributed by atoms with Crippen LogP contribution in [0.25, 0.3) is 49.7 Å². The Labute approximate surface area is 184 Å². The molecule has 0 aliphatic heterocycles. The normalized spacial score (nSPS) is 13.2. The minimum absolute atomic E-state index is 0.175. The van der Waals surface area contributed by atoms with Gasteiger partial charge in [0.2, 0.25) is 11.5 Å². The minimum Gasteiger partial charge on any atom is -0.504 e. The maximum atomic E-state index is 11.2. The van der Waals surface area contributed by atoms with Gasteiger partial charge in [-0.2, -0.15) is 0 Å². The molecule has 0 fully saturated rings. The summed E-state index contributed by atoms with van der Waals surface area (Å²) in [6, 6.07) is 16.1. The zero-order chi connectivity index (χ0) is 22.0. The molecule has 0 saturated carbocycles. The van der Waals surface area contributed by atoms with Crippen LogP contribution in [0.15, 0.2) is 71.2 Å². The van der Waals surface area contributed by atoms with Crippen LogP contribution in [-0.2, 0) is 6.42 Å². The monoisotopic (exact) mass is 420 g/mol. The molecule has 0 atom stereocenters. The van der Waals surface area contributed by atoms with Crippen LogP contribution in [0, 0.1) is 6.92 Å². The highest BCUT2D eigenvalue weighted by Gasteiger charge is 2.28. The van der Waals surface area contributed by atoms with Gasteiger partial charge >= 0.3 is 0 Å². The fraction of sp³-hybridized carbons (Fsp3) is 0.0714. The van der Waals surface area contributed by atoms with Gasteiger partial charge in [0.05, 0.1) is 0 Å². The largest absolute Gasteiger partial charge is 0.504 e. The predicted molar refractivity (Wildman–Crippen MR) is 128 cm³/mol. The first-order valence-corrected chi connectivity index (χ1v) is 10.5.